The summed E-state index contributed by atoms with van der Waals surface area (Å²) in [6.45, 7) is 2.54. The fraction of sp³-hybridized carbons (Fsp3) is 0.105. The zero-order valence-electron chi connectivity index (χ0n) is 13.3. The number of benzene rings is 2. The van der Waals surface area contributed by atoms with Crippen molar-refractivity contribution in [1.82, 2.24) is 19.3 Å². The van der Waals surface area contributed by atoms with Gasteiger partial charge in [0.05, 0.1) is 18.4 Å². The summed E-state index contributed by atoms with van der Waals surface area (Å²) < 4.78 is 3.31. The van der Waals surface area contributed by atoms with E-state index in [9.17, 15) is 4.79 Å². The average Bonchev–Trinajstić information content (AvgIpc) is 3.03. The number of nitrogens with zero attached hydrogens (tertiary/aromatic N) is 4. The number of hydrogen-bond donors (Lipinski definition) is 0. The van der Waals surface area contributed by atoms with Crippen LogP contribution in [0.15, 0.2) is 71.9 Å². The van der Waals surface area contributed by atoms with Gasteiger partial charge in [-0.15, -0.1) is 0 Å². The Kier molecular flexibility index (Phi) is 3.46. The van der Waals surface area contributed by atoms with Crippen LogP contribution in [-0.2, 0) is 6.54 Å². The fourth-order valence-electron chi connectivity index (χ4n) is 2.83. The van der Waals surface area contributed by atoms with Crippen LogP contribution in [0.4, 0.5) is 0 Å². The second-order valence-corrected chi connectivity index (χ2v) is 5.80. The predicted octanol–water partition coefficient (Wildman–Crippen LogP) is 2.94. The Morgan fingerprint density at radius 2 is 1.88 bits per heavy atom. The highest BCUT2D eigenvalue weighted by Crippen LogP contribution is 2.13. The molecule has 0 saturated heterocycles. The third-order valence-corrected chi connectivity index (χ3v) is 3.99. The summed E-state index contributed by atoms with van der Waals surface area (Å²) in [6, 6.07) is 17.8. The summed E-state index contributed by atoms with van der Waals surface area (Å²) in [7, 11) is 0. The summed E-state index contributed by atoms with van der Waals surface area (Å²) in [5.41, 5.74) is 3.63. The Labute approximate surface area is 138 Å². The Balaban J connectivity index is 1.78. The highest BCUT2D eigenvalue weighted by molar-refractivity contribution is 5.74. The number of hydrogen-bond acceptors (Lipinski definition) is 3. The molecule has 0 N–H and O–H groups in total. The molecule has 0 fully saturated rings. The summed E-state index contributed by atoms with van der Waals surface area (Å²) >= 11 is 0. The molecule has 0 saturated carbocycles. The summed E-state index contributed by atoms with van der Waals surface area (Å²) in [4.78, 5) is 17.2. The minimum atomic E-state index is -0.0799. The van der Waals surface area contributed by atoms with Gasteiger partial charge in [-0.3, -0.25) is 9.36 Å². The molecule has 0 atom stereocenters. The molecule has 0 aliphatic rings. The Hall–Kier alpha value is -3.21. The van der Waals surface area contributed by atoms with Crippen molar-refractivity contribution in [2.45, 2.75) is 13.5 Å². The fourth-order valence-corrected chi connectivity index (χ4v) is 2.83. The van der Waals surface area contributed by atoms with Crippen molar-refractivity contribution >= 4 is 11.0 Å². The van der Waals surface area contributed by atoms with Gasteiger partial charge in [0.15, 0.2) is 5.65 Å². The van der Waals surface area contributed by atoms with Crippen molar-refractivity contribution in [2.75, 3.05) is 0 Å². The molecule has 5 nitrogen and oxygen atoms in total. The first-order chi connectivity index (χ1) is 11.7. The molecule has 0 bridgehead atoms. The van der Waals surface area contributed by atoms with Crippen molar-refractivity contribution in [2.24, 2.45) is 0 Å². The van der Waals surface area contributed by atoms with Crippen LogP contribution in [0.2, 0.25) is 0 Å². The van der Waals surface area contributed by atoms with E-state index in [1.807, 2.05) is 55.5 Å². The Morgan fingerprint density at radius 1 is 1.04 bits per heavy atom. The monoisotopic (exact) mass is 316 g/mol. The summed E-state index contributed by atoms with van der Waals surface area (Å²) in [5, 5.41) is 4.85. The van der Waals surface area contributed by atoms with Crippen molar-refractivity contribution in [3.63, 3.8) is 0 Å². The maximum absolute atomic E-state index is 12.7. The molecule has 0 radical (unpaired) electrons. The SMILES string of the molecule is Cc1cccc(Cn2cnc3c(cnn3-c3ccccc3)c2=O)c1. The topological polar surface area (TPSA) is 52.7 Å². The molecule has 0 aliphatic heterocycles. The van der Waals surface area contributed by atoms with Gasteiger partial charge in [-0.1, -0.05) is 48.0 Å². The molecular formula is C19H16N4O. The number of aromatic nitrogens is 4. The average molecular weight is 316 g/mol. The first-order valence-corrected chi connectivity index (χ1v) is 7.76. The van der Waals surface area contributed by atoms with Crippen molar-refractivity contribution in [3.05, 3.63) is 88.6 Å². The second kappa shape index (κ2) is 5.77. The predicted molar refractivity (Wildman–Crippen MR) is 93.4 cm³/mol. The van der Waals surface area contributed by atoms with Crippen molar-refractivity contribution in [3.8, 4) is 5.69 Å². The third-order valence-electron chi connectivity index (χ3n) is 3.99. The lowest BCUT2D eigenvalue weighted by Crippen LogP contribution is -2.21. The largest absolute Gasteiger partial charge is 0.294 e. The zero-order valence-corrected chi connectivity index (χ0v) is 13.3. The third kappa shape index (κ3) is 2.50. The van der Waals surface area contributed by atoms with Crippen molar-refractivity contribution in [1.29, 1.82) is 0 Å². The van der Waals surface area contributed by atoms with E-state index >= 15 is 0 Å². The van der Waals surface area contributed by atoms with E-state index < -0.39 is 0 Å². The molecule has 0 aliphatic carbocycles. The van der Waals surface area contributed by atoms with E-state index in [1.165, 1.54) is 5.56 Å². The number of rotatable bonds is 3. The molecule has 5 heteroatoms. The number of fused-ring (bicyclic) bond motifs is 1. The maximum atomic E-state index is 12.7. The van der Waals surface area contributed by atoms with Crippen LogP contribution < -0.4 is 5.56 Å². The number of aryl methyl sites for hydroxylation is 1. The maximum Gasteiger partial charge on any atom is 0.264 e. The molecule has 4 rings (SSSR count). The summed E-state index contributed by atoms with van der Waals surface area (Å²) in [6.07, 6.45) is 3.18. The van der Waals surface area contributed by atoms with E-state index in [1.54, 1.807) is 21.8 Å². The van der Waals surface area contributed by atoms with E-state index in [0.29, 0.717) is 17.6 Å². The molecule has 0 unspecified atom stereocenters. The molecule has 2 aromatic carbocycles. The minimum Gasteiger partial charge on any atom is -0.294 e. The first-order valence-electron chi connectivity index (χ1n) is 7.76. The van der Waals surface area contributed by atoms with Gasteiger partial charge in [0.1, 0.15) is 11.7 Å². The molecule has 0 spiro atoms. The lowest BCUT2D eigenvalue weighted by molar-refractivity contribution is 0.745. The van der Waals surface area contributed by atoms with Gasteiger partial charge in [-0.2, -0.15) is 5.10 Å². The van der Waals surface area contributed by atoms with Crippen LogP contribution in [-0.4, -0.2) is 19.3 Å². The van der Waals surface area contributed by atoms with E-state index in [-0.39, 0.29) is 5.56 Å². The van der Waals surface area contributed by atoms with Crippen LogP contribution in [0.25, 0.3) is 16.7 Å². The van der Waals surface area contributed by atoms with Gasteiger partial charge >= 0.3 is 0 Å². The van der Waals surface area contributed by atoms with Crippen LogP contribution in [0, 0.1) is 6.92 Å². The summed E-state index contributed by atoms with van der Waals surface area (Å²) in [5.74, 6) is 0. The van der Waals surface area contributed by atoms with Crippen LogP contribution in [0.3, 0.4) is 0 Å². The molecule has 0 amide bonds. The van der Waals surface area contributed by atoms with Gasteiger partial charge in [-0.25, -0.2) is 9.67 Å². The zero-order chi connectivity index (χ0) is 16.5. The highest BCUT2D eigenvalue weighted by atomic mass is 16.1. The Morgan fingerprint density at radius 3 is 2.67 bits per heavy atom. The van der Waals surface area contributed by atoms with E-state index in [2.05, 4.69) is 16.1 Å². The second-order valence-electron chi connectivity index (χ2n) is 5.80. The molecule has 118 valence electrons. The first kappa shape index (κ1) is 14.4. The van der Waals surface area contributed by atoms with Gasteiger partial charge in [0.2, 0.25) is 0 Å². The van der Waals surface area contributed by atoms with Gasteiger partial charge in [0, 0.05) is 0 Å². The van der Waals surface area contributed by atoms with E-state index in [0.717, 1.165) is 11.3 Å². The smallest absolute Gasteiger partial charge is 0.264 e. The van der Waals surface area contributed by atoms with Crippen LogP contribution in [0.1, 0.15) is 11.1 Å². The molecule has 2 heterocycles. The highest BCUT2D eigenvalue weighted by Gasteiger charge is 2.11. The van der Waals surface area contributed by atoms with Gasteiger partial charge < -0.3 is 0 Å². The van der Waals surface area contributed by atoms with Crippen LogP contribution in [0.5, 0.6) is 0 Å². The van der Waals surface area contributed by atoms with Gasteiger partial charge in [-0.05, 0) is 24.6 Å². The standard InChI is InChI=1S/C19H16N4O/c1-14-6-5-7-15(10-14)12-22-13-20-18-17(19(22)24)11-21-23(18)16-8-3-2-4-9-16/h2-11,13H,12H2,1H3. The molecule has 24 heavy (non-hydrogen) atoms. The van der Waals surface area contributed by atoms with Crippen LogP contribution >= 0.6 is 0 Å². The quantitative estimate of drug-likeness (QED) is 0.584. The number of para-hydroxylation sites is 1. The van der Waals surface area contributed by atoms with E-state index in [4.69, 9.17) is 0 Å². The normalized spacial score (nSPS) is 11.0. The van der Waals surface area contributed by atoms with Gasteiger partial charge in [0.25, 0.3) is 5.56 Å². The van der Waals surface area contributed by atoms with Crippen molar-refractivity contribution < 1.29 is 0 Å². The molecule has 2 aromatic heterocycles. The molecule has 4 aromatic rings. The lowest BCUT2D eigenvalue weighted by atomic mass is 10.1. The lowest BCUT2D eigenvalue weighted by Gasteiger charge is -2.07. The Bertz CT molecular complexity index is 1060. The molecular weight excluding hydrogens is 300 g/mol. The minimum absolute atomic E-state index is 0.0799.